The Kier molecular flexibility index (Phi) is 13.2. The number of likely N-dealkylation sites (tertiary alicyclic amines) is 1. The molecular formula is C23H41N5O7S. The van der Waals surface area contributed by atoms with Crippen LogP contribution in [0, 0.1) is 5.92 Å². The minimum atomic E-state index is -1.51. The Morgan fingerprint density at radius 3 is 2.22 bits per heavy atom. The summed E-state index contributed by atoms with van der Waals surface area (Å²) in [4.78, 5) is 64.0. The molecule has 0 aromatic carbocycles. The number of amides is 4. The van der Waals surface area contributed by atoms with Gasteiger partial charge in [0.25, 0.3) is 0 Å². The van der Waals surface area contributed by atoms with Crippen molar-refractivity contribution in [2.45, 2.75) is 89.7 Å². The molecule has 4 amide bonds. The third-order valence-electron chi connectivity index (χ3n) is 5.93. The molecule has 6 atom stereocenters. The van der Waals surface area contributed by atoms with E-state index in [1.807, 2.05) is 20.1 Å². The van der Waals surface area contributed by atoms with Gasteiger partial charge < -0.3 is 36.8 Å². The van der Waals surface area contributed by atoms with Gasteiger partial charge in [-0.05, 0) is 57.5 Å². The number of carbonyl (C=O) groups is 5. The lowest BCUT2D eigenvalue weighted by atomic mass is 10.0. The zero-order chi connectivity index (χ0) is 27.6. The molecule has 1 aliphatic heterocycles. The summed E-state index contributed by atoms with van der Waals surface area (Å²) in [5, 5.41) is 26.5. The van der Waals surface area contributed by atoms with E-state index in [-0.39, 0.29) is 12.5 Å². The predicted molar refractivity (Wildman–Crippen MR) is 136 cm³/mol. The third-order valence-corrected chi connectivity index (χ3v) is 6.57. The highest BCUT2D eigenvalue weighted by Gasteiger charge is 2.40. The topological polar surface area (TPSA) is 191 Å². The Balaban J connectivity index is 2.91. The van der Waals surface area contributed by atoms with Crippen LogP contribution in [0.5, 0.6) is 0 Å². The molecule has 0 aliphatic carbocycles. The highest BCUT2D eigenvalue weighted by atomic mass is 32.2. The number of aliphatic carboxylic acids is 1. The van der Waals surface area contributed by atoms with Crippen LogP contribution in [-0.2, 0) is 24.0 Å². The molecule has 1 heterocycles. The summed E-state index contributed by atoms with van der Waals surface area (Å²) in [6, 6.07) is -5.05. The smallest absolute Gasteiger partial charge is 0.328 e. The van der Waals surface area contributed by atoms with Gasteiger partial charge >= 0.3 is 5.97 Å². The largest absolute Gasteiger partial charge is 0.480 e. The molecule has 1 fully saturated rings. The van der Waals surface area contributed by atoms with Gasteiger partial charge in [-0.2, -0.15) is 11.8 Å². The molecule has 0 spiro atoms. The van der Waals surface area contributed by atoms with Crippen LogP contribution in [0.4, 0.5) is 0 Å². The van der Waals surface area contributed by atoms with Crippen molar-refractivity contribution in [3.63, 3.8) is 0 Å². The van der Waals surface area contributed by atoms with E-state index in [4.69, 9.17) is 5.73 Å². The molecule has 0 saturated carbocycles. The van der Waals surface area contributed by atoms with E-state index in [9.17, 15) is 34.2 Å². The van der Waals surface area contributed by atoms with Gasteiger partial charge in [0.2, 0.25) is 23.6 Å². The average molecular weight is 532 g/mol. The maximum Gasteiger partial charge on any atom is 0.328 e. The molecule has 13 heteroatoms. The lowest BCUT2D eigenvalue weighted by Crippen LogP contribution is -2.58. The minimum Gasteiger partial charge on any atom is -0.480 e. The van der Waals surface area contributed by atoms with Crippen LogP contribution in [-0.4, -0.2) is 99.6 Å². The van der Waals surface area contributed by atoms with Gasteiger partial charge in [-0.1, -0.05) is 13.8 Å². The number of nitrogens with one attached hydrogen (secondary N) is 3. The number of hydrogen-bond donors (Lipinski definition) is 6. The summed E-state index contributed by atoms with van der Waals surface area (Å²) in [5.41, 5.74) is 5.86. The molecule has 0 unspecified atom stereocenters. The molecular weight excluding hydrogens is 490 g/mol. The van der Waals surface area contributed by atoms with Crippen molar-refractivity contribution >= 4 is 41.4 Å². The van der Waals surface area contributed by atoms with E-state index in [0.717, 1.165) is 0 Å². The highest BCUT2D eigenvalue weighted by molar-refractivity contribution is 7.98. The number of rotatable bonds is 14. The number of hydrogen-bond acceptors (Lipinski definition) is 8. The fourth-order valence-electron chi connectivity index (χ4n) is 3.89. The fourth-order valence-corrected chi connectivity index (χ4v) is 4.38. The number of thioether (sulfide) groups is 1. The zero-order valence-corrected chi connectivity index (χ0v) is 22.5. The minimum absolute atomic E-state index is 0.0330. The van der Waals surface area contributed by atoms with Crippen LogP contribution in [0.15, 0.2) is 0 Å². The fraction of sp³-hybridized carbons (Fsp3) is 0.783. The first kappa shape index (κ1) is 31.6. The number of carboxylic acids is 1. The van der Waals surface area contributed by atoms with E-state index >= 15 is 0 Å². The van der Waals surface area contributed by atoms with Crippen LogP contribution >= 0.6 is 11.8 Å². The molecule has 12 nitrogen and oxygen atoms in total. The molecule has 0 aromatic heterocycles. The maximum absolute atomic E-state index is 13.4. The normalized spacial score (nSPS) is 19.7. The van der Waals surface area contributed by atoms with Gasteiger partial charge in [-0.25, -0.2) is 4.79 Å². The molecule has 36 heavy (non-hydrogen) atoms. The second-order valence-corrected chi connectivity index (χ2v) is 10.5. The van der Waals surface area contributed by atoms with E-state index in [2.05, 4.69) is 16.0 Å². The van der Waals surface area contributed by atoms with Crippen LogP contribution < -0.4 is 21.7 Å². The number of nitrogens with zero attached hydrogens (tertiary/aromatic N) is 1. The number of carbonyl (C=O) groups excluding carboxylic acids is 4. The van der Waals surface area contributed by atoms with E-state index in [0.29, 0.717) is 31.4 Å². The number of aliphatic hydroxyl groups is 1. The number of aliphatic hydroxyl groups excluding tert-OH is 1. The molecule has 0 aromatic rings. The summed E-state index contributed by atoms with van der Waals surface area (Å²) in [5.74, 6) is -2.80. The predicted octanol–water partition coefficient (Wildman–Crippen LogP) is -0.956. The van der Waals surface area contributed by atoms with Crippen molar-refractivity contribution < 1.29 is 34.2 Å². The maximum atomic E-state index is 13.4. The summed E-state index contributed by atoms with van der Waals surface area (Å²) in [7, 11) is 0. The lowest BCUT2D eigenvalue weighted by Gasteiger charge is -2.31. The molecule has 206 valence electrons. The second-order valence-electron chi connectivity index (χ2n) is 9.56. The van der Waals surface area contributed by atoms with Crippen molar-refractivity contribution in [3.05, 3.63) is 0 Å². The van der Waals surface area contributed by atoms with Gasteiger partial charge in [0.15, 0.2) is 6.04 Å². The Morgan fingerprint density at radius 1 is 1.06 bits per heavy atom. The van der Waals surface area contributed by atoms with Crippen LogP contribution in [0.1, 0.15) is 53.4 Å². The first-order valence-corrected chi connectivity index (χ1v) is 13.6. The Hall–Kier alpha value is -2.38. The van der Waals surface area contributed by atoms with Crippen LogP contribution in [0.2, 0.25) is 0 Å². The highest BCUT2D eigenvalue weighted by Crippen LogP contribution is 2.21. The summed E-state index contributed by atoms with van der Waals surface area (Å²) >= 11 is 1.56. The summed E-state index contributed by atoms with van der Waals surface area (Å²) < 4.78 is 0. The Morgan fingerprint density at radius 2 is 1.69 bits per heavy atom. The van der Waals surface area contributed by atoms with E-state index in [1.54, 1.807) is 11.8 Å². The SMILES string of the molecule is CSCC[C@H](N)C(=O)N[C@@H](C)C(=O)N[C@@H](CC(C)C)C(=O)N1CCC[C@H]1C(=O)N[C@H](C(=O)O)[C@@H](C)O. The monoisotopic (exact) mass is 531 g/mol. The number of carboxylic acid groups (broad SMARTS) is 1. The van der Waals surface area contributed by atoms with Crippen LogP contribution in [0.25, 0.3) is 0 Å². The molecule has 1 saturated heterocycles. The van der Waals surface area contributed by atoms with Gasteiger partial charge in [0.05, 0.1) is 12.1 Å². The van der Waals surface area contributed by atoms with Crippen molar-refractivity contribution in [3.8, 4) is 0 Å². The van der Waals surface area contributed by atoms with Crippen LogP contribution in [0.3, 0.4) is 0 Å². The summed E-state index contributed by atoms with van der Waals surface area (Å²) in [6.45, 7) is 6.79. The zero-order valence-electron chi connectivity index (χ0n) is 21.7. The Bertz CT molecular complexity index is 795. The van der Waals surface area contributed by atoms with Crippen molar-refractivity contribution in [1.29, 1.82) is 0 Å². The first-order chi connectivity index (χ1) is 16.8. The third kappa shape index (κ3) is 9.58. The quantitative estimate of drug-likeness (QED) is 0.164. The molecule has 7 N–H and O–H groups in total. The second kappa shape index (κ2) is 15.0. The molecule has 1 aliphatic rings. The van der Waals surface area contributed by atoms with E-state index < -0.39 is 65.9 Å². The Labute approximate surface area is 216 Å². The standard InChI is InChI=1S/C23H41N5O7S/c1-12(2)11-16(26-19(30)13(3)25-20(31)15(24)8-10-36-5)22(33)28-9-6-7-17(28)21(32)27-18(14(4)29)23(34)35/h12-18,29H,6-11,24H2,1-5H3,(H,25,31)(H,26,30)(H,27,32)(H,34,35)/t13-,14+,15-,16-,17-,18-/m0/s1. The van der Waals surface area contributed by atoms with Crippen molar-refractivity contribution in [2.75, 3.05) is 18.6 Å². The summed E-state index contributed by atoms with van der Waals surface area (Å²) in [6.07, 6.45) is 2.20. The average Bonchev–Trinajstić information content (AvgIpc) is 3.28. The molecule has 1 rings (SSSR count). The van der Waals surface area contributed by atoms with E-state index in [1.165, 1.54) is 18.7 Å². The van der Waals surface area contributed by atoms with Crippen molar-refractivity contribution in [1.82, 2.24) is 20.9 Å². The molecule has 0 bridgehead atoms. The molecule has 0 radical (unpaired) electrons. The van der Waals surface area contributed by atoms with Gasteiger partial charge in [-0.15, -0.1) is 0 Å². The van der Waals surface area contributed by atoms with Crippen molar-refractivity contribution in [2.24, 2.45) is 11.7 Å². The first-order valence-electron chi connectivity index (χ1n) is 12.2. The lowest BCUT2D eigenvalue weighted by molar-refractivity contribution is -0.147. The van der Waals surface area contributed by atoms with Gasteiger partial charge in [0.1, 0.15) is 18.1 Å². The van der Waals surface area contributed by atoms with Gasteiger partial charge in [0, 0.05) is 6.54 Å². The van der Waals surface area contributed by atoms with Gasteiger partial charge in [-0.3, -0.25) is 19.2 Å². The number of nitrogens with two attached hydrogens (primary N) is 1.